The predicted octanol–water partition coefficient (Wildman–Crippen LogP) is 1.99. The lowest BCUT2D eigenvalue weighted by molar-refractivity contribution is 0.210. The molecular formula is C21H29N7O4S. The van der Waals surface area contributed by atoms with E-state index >= 15 is 0 Å². The molecule has 2 heterocycles. The van der Waals surface area contributed by atoms with Gasteiger partial charge in [-0.25, -0.2) is 22.6 Å². The van der Waals surface area contributed by atoms with E-state index in [1.54, 1.807) is 14.0 Å². The molecule has 0 aliphatic heterocycles. The summed E-state index contributed by atoms with van der Waals surface area (Å²) in [6, 6.07) is 6.99. The third-order valence-corrected chi connectivity index (χ3v) is 6.49. The van der Waals surface area contributed by atoms with Gasteiger partial charge in [-0.2, -0.15) is 9.97 Å². The number of hydrogen-bond acceptors (Lipinski definition) is 7. The molecule has 178 valence electrons. The Labute approximate surface area is 192 Å². The Hall–Kier alpha value is -3.41. The molecule has 3 aromatic rings. The molecule has 0 saturated heterocycles. The van der Waals surface area contributed by atoms with Crippen molar-refractivity contribution in [3.8, 4) is 0 Å². The number of carbonyl (C=O) groups is 1. The van der Waals surface area contributed by atoms with Crippen LogP contribution >= 0.6 is 0 Å². The lowest BCUT2D eigenvalue weighted by Gasteiger charge is -2.16. The zero-order chi connectivity index (χ0) is 24.3. The number of amides is 1. The lowest BCUT2D eigenvalue weighted by atomic mass is 10.1. The summed E-state index contributed by atoms with van der Waals surface area (Å²) < 4.78 is 29.0. The number of anilines is 2. The first-order valence-electron chi connectivity index (χ1n) is 10.7. The average Bonchev–Trinajstić information content (AvgIpc) is 3.01. The maximum absolute atomic E-state index is 13.4. The summed E-state index contributed by atoms with van der Waals surface area (Å²) in [6.07, 6.45) is 1.11. The first kappa shape index (κ1) is 24.2. The number of fused-ring (bicyclic) bond motifs is 1. The molecule has 0 fully saturated rings. The van der Waals surface area contributed by atoms with Gasteiger partial charge < -0.3 is 10.6 Å². The SMILES string of the molecule is CCCN(C)C(=O)n1c(=O)n(Cc2ccc(C)cc2)c2nc(NS(=O)(=O)CCC)nc(N)c21. The molecule has 0 radical (unpaired) electrons. The van der Waals surface area contributed by atoms with Gasteiger partial charge in [0.15, 0.2) is 11.5 Å². The number of rotatable bonds is 8. The third-order valence-electron chi connectivity index (χ3n) is 5.05. The maximum Gasteiger partial charge on any atom is 0.339 e. The van der Waals surface area contributed by atoms with Crippen molar-refractivity contribution in [1.29, 1.82) is 0 Å². The number of hydrogen-bond donors (Lipinski definition) is 2. The number of sulfonamides is 1. The summed E-state index contributed by atoms with van der Waals surface area (Å²) in [5.74, 6) is -0.545. The second-order valence-corrected chi connectivity index (χ2v) is 9.76. The molecule has 3 rings (SSSR count). The van der Waals surface area contributed by atoms with E-state index in [2.05, 4.69) is 14.7 Å². The van der Waals surface area contributed by atoms with Crippen LogP contribution in [0.15, 0.2) is 29.1 Å². The van der Waals surface area contributed by atoms with Crippen LogP contribution in [0.4, 0.5) is 16.6 Å². The number of nitrogens with two attached hydrogens (primary N) is 1. The second-order valence-electron chi connectivity index (χ2n) is 7.92. The lowest BCUT2D eigenvalue weighted by Crippen LogP contribution is -2.38. The van der Waals surface area contributed by atoms with Gasteiger partial charge >= 0.3 is 11.7 Å². The number of nitrogens with one attached hydrogen (secondary N) is 1. The monoisotopic (exact) mass is 475 g/mol. The zero-order valence-electron chi connectivity index (χ0n) is 19.2. The summed E-state index contributed by atoms with van der Waals surface area (Å²) >= 11 is 0. The van der Waals surface area contributed by atoms with Gasteiger partial charge in [0.2, 0.25) is 16.0 Å². The number of aryl methyl sites for hydroxylation is 1. The predicted molar refractivity (Wildman–Crippen MR) is 128 cm³/mol. The molecule has 0 atom stereocenters. The molecule has 0 unspecified atom stereocenters. The molecule has 33 heavy (non-hydrogen) atoms. The maximum atomic E-state index is 13.4. The van der Waals surface area contributed by atoms with Crippen LogP contribution in [0.5, 0.6) is 0 Å². The van der Waals surface area contributed by atoms with Crippen molar-refractivity contribution >= 4 is 39.0 Å². The van der Waals surface area contributed by atoms with E-state index in [-0.39, 0.29) is 35.2 Å². The number of nitrogen functional groups attached to an aromatic ring is 1. The number of benzene rings is 1. The van der Waals surface area contributed by atoms with Gasteiger partial charge in [-0.15, -0.1) is 0 Å². The molecule has 12 heteroatoms. The van der Waals surface area contributed by atoms with Crippen molar-refractivity contribution in [1.82, 2.24) is 24.0 Å². The molecule has 2 aromatic heterocycles. The second kappa shape index (κ2) is 9.61. The Morgan fingerprint density at radius 3 is 2.42 bits per heavy atom. The Kier molecular flexibility index (Phi) is 7.06. The Bertz CT molecular complexity index is 1330. The van der Waals surface area contributed by atoms with Crippen LogP contribution in [0.3, 0.4) is 0 Å². The molecule has 0 aliphatic rings. The molecule has 0 saturated carbocycles. The number of imidazole rings is 1. The van der Waals surface area contributed by atoms with Crippen LogP contribution in [0.1, 0.15) is 37.8 Å². The highest BCUT2D eigenvalue weighted by Gasteiger charge is 2.26. The van der Waals surface area contributed by atoms with Gasteiger partial charge in [-0.3, -0.25) is 9.29 Å². The van der Waals surface area contributed by atoms with Crippen LogP contribution < -0.4 is 16.1 Å². The Balaban J connectivity index is 2.22. The van der Waals surface area contributed by atoms with E-state index < -0.39 is 21.7 Å². The minimum atomic E-state index is -3.69. The van der Waals surface area contributed by atoms with Crippen molar-refractivity contribution in [3.63, 3.8) is 0 Å². The first-order chi connectivity index (χ1) is 15.6. The van der Waals surface area contributed by atoms with Crippen LogP contribution in [-0.4, -0.2) is 57.8 Å². The summed E-state index contributed by atoms with van der Waals surface area (Å²) in [7, 11) is -2.10. The number of aromatic nitrogens is 4. The molecule has 11 nitrogen and oxygen atoms in total. The normalized spacial score (nSPS) is 11.6. The van der Waals surface area contributed by atoms with E-state index in [1.807, 2.05) is 38.1 Å². The molecule has 0 bridgehead atoms. The summed E-state index contributed by atoms with van der Waals surface area (Å²) in [6.45, 7) is 6.15. The van der Waals surface area contributed by atoms with E-state index in [4.69, 9.17) is 5.73 Å². The van der Waals surface area contributed by atoms with Crippen molar-refractivity contribution in [2.45, 2.75) is 40.2 Å². The van der Waals surface area contributed by atoms with Gasteiger partial charge in [-0.1, -0.05) is 43.7 Å². The zero-order valence-corrected chi connectivity index (χ0v) is 20.0. The summed E-state index contributed by atoms with van der Waals surface area (Å²) in [4.78, 5) is 36.2. The average molecular weight is 476 g/mol. The fraction of sp³-hybridized carbons (Fsp3) is 0.429. The molecule has 0 aliphatic carbocycles. The third kappa shape index (κ3) is 5.16. The van der Waals surface area contributed by atoms with Gasteiger partial charge in [0, 0.05) is 13.6 Å². The van der Waals surface area contributed by atoms with E-state index in [9.17, 15) is 18.0 Å². The fourth-order valence-corrected chi connectivity index (χ4v) is 4.48. The first-order valence-corrected chi connectivity index (χ1v) is 12.3. The summed E-state index contributed by atoms with van der Waals surface area (Å²) in [5.41, 5.74) is 7.47. The topological polar surface area (TPSA) is 145 Å². The number of nitrogens with zero attached hydrogens (tertiary/aromatic N) is 5. The van der Waals surface area contributed by atoms with E-state index in [0.29, 0.717) is 19.4 Å². The highest BCUT2D eigenvalue weighted by Crippen LogP contribution is 2.21. The largest absolute Gasteiger partial charge is 0.382 e. The molecular weight excluding hydrogens is 446 g/mol. The van der Waals surface area contributed by atoms with Gasteiger partial charge in [-0.05, 0) is 25.3 Å². The molecule has 3 N–H and O–H groups in total. The number of carbonyl (C=O) groups excluding carboxylic acids is 1. The molecule has 1 aromatic carbocycles. The van der Waals surface area contributed by atoms with E-state index in [0.717, 1.165) is 15.7 Å². The van der Waals surface area contributed by atoms with E-state index in [1.165, 1.54) is 9.47 Å². The van der Waals surface area contributed by atoms with Crippen molar-refractivity contribution in [2.75, 3.05) is 29.8 Å². The molecule has 0 spiro atoms. The van der Waals surface area contributed by atoms with Gasteiger partial charge in [0.05, 0.1) is 12.3 Å². The van der Waals surface area contributed by atoms with Crippen LogP contribution in [-0.2, 0) is 16.6 Å². The highest BCUT2D eigenvalue weighted by atomic mass is 32.2. The molecule has 1 amide bonds. The highest BCUT2D eigenvalue weighted by molar-refractivity contribution is 7.92. The Morgan fingerprint density at radius 1 is 1.15 bits per heavy atom. The van der Waals surface area contributed by atoms with Crippen molar-refractivity contribution in [3.05, 3.63) is 45.9 Å². The minimum absolute atomic E-state index is 0.0403. The van der Waals surface area contributed by atoms with Gasteiger partial charge in [0.1, 0.15) is 5.52 Å². The summed E-state index contributed by atoms with van der Waals surface area (Å²) in [5, 5.41) is 0. The smallest absolute Gasteiger partial charge is 0.339 e. The van der Waals surface area contributed by atoms with Crippen molar-refractivity contribution < 1.29 is 13.2 Å². The van der Waals surface area contributed by atoms with Crippen LogP contribution in [0.2, 0.25) is 0 Å². The fourth-order valence-electron chi connectivity index (χ4n) is 3.47. The van der Waals surface area contributed by atoms with Crippen LogP contribution in [0.25, 0.3) is 11.2 Å². The standard InChI is InChI=1S/C21H29N7O4S/c1-5-11-26(4)20(29)28-16-17(22)23-19(25-33(31,32)12-6-2)24-18(16)27(21(28)30)13-15-9-7-14(3)8-10-15/h7-10H,5-6,11-13H2,1-4H3,(H3,22,23,24,25). The van der Waals surface area contributed by atoms with Gasteiger partial charge in [0.25, 0.3) is 0 Å². The quantitative estimate of drug-likeness (QED) is 0.507. The minimum Gasteiger partial charge on any atom is -0.382 e. The van der Waals surface area contributed by atoms with Crippen LogP contribution in [0, 0.1) is 6.92 Å². The Morgan fingerprint density at radius 2 is 1.82 bits per heavy atom. The van der Waals surface area contributed by atoms with Crippen molar-refractivity contribution in [2.24, 2.45) is 0 Å².